The number of hydrogen-bond donors (Lipinski definition) is 1. The Balaban J connectivity index is 1.53. The summed E-state index contributed by atoms with van der Waals surface area (Å²) in [6.45, 7) is 5.56. The standard InChI is InChI=1S/C18H24N2O2/c1-12-3-6-16(11-13(12)2)19-17(21)14-7-9-20(10-8-14)18(22)15-4-5-15/h3,6,11,14-15H,4-5,7-10H2,1-2H3,(H,19,21). The molecule has 3 rings (SSSR count). The summed E-state index contributed by atoms with van der Waals surface area (Å²) < 4.78 is 0. The molecule has 4 nitrogen and oxygen atoms in total. The maximum absolute atomic E-state index is 12.4. The van der Waals surface area contributed by atoms with Crippen molar-refractivity contribution in [3.05, 3.63) is 29.3 Å². The molecular formula is C18H24N2O2. The zero-order chi connectivity index (χ0) is 15.7. The lowest BCUT2D eigenvalue weighted by atomic mass is 9.95. The molecule has 1 aromatic rings. The molecule has 118 valence electrons. The van der Waals surface area contributed by atoms with Crippen LogP contribution in [-0.2, 0) is 9.59 Å². The molecular weight excluding hydrogens is 276 g/mol. The summed E-state index contributed by atoms with van der Waals surface area (Å²) >= 11 is 0. The number of piperidine rings is 1. The van der Waals surface area contributed by atoms with Crippen molar-refractivity contribution in [1.29, 1.82) is 0 Å². The van der Waals surface area contributed by atoms with Crippen LogP contribution in [0, 0.1) is 25.7 Å². The first-order valence-electron chi connectivity index (χ1n) is 8.21. The molecule has 1 aromatic carbocycles. The van der Waals surface area contributed by atoms with Gasteiger partial charge in [0.2, 0.25) is 11.8 Å². The van der Waals surface area contributed by atoms with Crippen molar-refractivity contribution in [2.24, 2.45) is 11.8 Å². The molecule has 1 saturated carbocycles. The highest BCUT2D eigenvalue weighted by molar-refractivity contribution is 5.93. The highest BCUT2D eigenvalue weighted by Crippen LogP contribution is 2.32. The molecule has 1 heterocycles. The second-order valence-corrected chi connectivity index (χ2v) is 6.66. The Labute approximate surface area is 131 Å². The molecule has 1 aliphatic carbocycles. The maximum Gasteiger partial charge on any atom is 0.227 e. The van der Waals surface area contributed by atoms with E-state index in [2.05, 4.69) is 12.2 Å². The summed E-state index contributed by atoms with van der Waals surface area (Å²) in [5, 5.41) is 3.02. The number of rotatable bonds is 3. The van der Waals surface area contributed by atoms with E-state index in [1.165, 1.54) is 11.1 Å². The van der Waals surface area contributed by atoms with Gasteiger partial charge in [0.15, 0.2) is 0 Å². The number of nitrogens with one attached hydrogen (secondary N) is 1. The van der Waals surface area contributed by atoms with Crippen molar-refractivity contribution < 1.29 is 9.59 Å². The lowest BCUT2D eigenvalue weighted by molar-refractivity contribution is -0.135. The first kappa shape index (κ1) is 15.1. The first-order chi connectivity index (χ1) is 10.5. The first-order valence-corrected chi connectivity index (χ1v) is 8.21. The van der Waals surface area contributed by atoms with Crippen LogP contribution in [0.4, 0.5) is 5.69 Å². The van der Waals surface area contributed by atoms with Gasteiger partial charge in [0.25, 0.3) is 0 Å². The van der Waals surface area contributed by atoms with Gasteiger partial charge in [-0.25, -0.2) is 0 Å². The van der Waals surface area contributed by atoms with Crippen LogP contribution in [0.5, 0.6) is 0 Å². The molecule has 0 atom stereocenters. The predicted molar refractivity (Wildman–Crippen MR) is 86.6 cm³/mol. The van der Waals surface area contributed by atoms with Crippen molar-refractivity contribution in [2.45, 2.75) is 39.5 Å². The van der Waals surface area contributed by atoms with Crippen molar-refractivity contribution in [1.82, 2.24) is 4.90 Å². The van der Waals surface area contributed by atoms with Gasteiger partial charge in [-0.1, -0.05) is 6.07 Å². The van der Waals surface area contributed by atoms with Gasteiger partial charge >= 0.3 is 0 Å². The van der Waals surface area contributed by atoms with E-state index in [1.54, 1.807) is 0 Å². The third-order valence-corrected chi connectivity index (χ3v) is 4.88. The Bertz CT molecular complexity index is 585. The van der Waals surface area contributed by atoms with E-state index < -0.39 is 0 Å². The van der Waals surface area contributed by atoms with Gasteiger partial charge in [-0.3, -0.25) is 9.59 Å². The molecule has 0 radical (unpaired) electrons. The van der Waals surface area contributed by atoms with Crippen molar-refractivity contribution in [3.63, 3.8) is 0 Å². The van der Waals surface area contributed by atoms with Gasteiger partial charge in [-0.15, -0.1) is 0 Å². The van der Waals surface area contributed by atoms with E-state index in [0.717, 1.165) is 44.5 Å². The number of carbonyl (C=O) groups is 2. The van der Waals surface area contributed by atoms with Gasteiger partial charge in [0, 0.05) is 30.6 Å². The van der Waals surface area contributed by atoms with Crippen molar-refractivity contribution >= 4 is 17.5 Å². The fraction of sp³-hybridized carbons (Fsp3) is 0.556. The Morgan fingerprint density at radius 3 is 2.27 bits per heavy atom. The van der Waals surface area contributed by atoms with Crippen molar-refractivity contribution in [2.75, 3.05) is 18.4 Å². The zero-order valence-electron chi connectivity index (χ0n) is 13.4. The molecule has 22 heavy (non-hydrogen) atoms. The van der Waals surface area contributed by atoms with E-state index in [9.17, 15) is 9.59 Å². The number of benzene rings is 1. The molecule has 0 unspecified atom stereocenters. The summed E-state index contributed by atoms with van der Waals surface area (Å²) in [5.74, 6) is 0.681. The molecule has 1 aliphatic heterocycles. The minimum absolute atomic E-state index is 0.0184. The number of hydrogen-bond acceptors (Lipinski definition) is 2. The number of carbonyl (C=O) groups excluding carboxylic acids is 2. The molecule has 1 saturated heterocycles. The Hall–Kier alpha value is -1.84. The summed E-state index contributed by atoms with van der Waals surface area (Å²) in [7, 11) is 0. The largest absolute Gasteiger partial charge is 0.342 e. The molecule has 2 fully saturated rings. The monoisotopic (exact) mass is 300 g/mol. The van der Waals surface area contributed by atoms with Gasteiger partial charge in [-0.2, -0.15) is 0 Å². The van der Waals surface area contributed by atoms with E-state index in [1.807, 2.05) is 30.0 Å². The molecule has 0 bridgehead atoms. The molecule has 0 spiro atoms. The summed E-state index contributed by atoms with van der Waals surface area (Å²) in [6, 6.07) is 5.99. The number of nitrogens with zero attached hydrogens (tertiary/aromatic N) is 1. The van der Waals surface area contributed by atoms with Crippen LogP contribution in [0.2, 0.25) is 0 Å². The summed E-state index contributed by atoms with van der Waals surface area (Å²) in [6.07, 6.45) is 3.64. The van der Waals surface area contributed by atoms with Gasteiger partial charge in [-0.05, 0) is 62.8 Å². The maximum atomic E-state index is 12.4. The number of likely N-dealkylation sites (tertiary alicyclic amines) is 1. The second-order valence-electron chi connectivity index (χ2n) is 6.66. The van der Waals surface area contributed by atoms with Crippen LogP contribution in [0.25, 0.3) is 0 Å². The molecule has 0 aromatic heterocycles. The number of aryl methyl sites for hydroxylation is 2. The SMILES string of the molecule is Cc1ccc(NC(=O)C2CCN(C(=O)C3CC3)CC2)cc1C. The highest BCUT2D eigenvalue weighted by Gasteiger charge is 2.35. The van der Waals surface area contributed by atoms with Crippen LogP contribution >= 0.6 is 0 Å². The predicted octanol–water partition coefficient (Wildman–Crippen LogP) is 2.89. The average Bonchev–Trinajstić information content (AvgIpc) is 3.35. The molecule has 4 heteroatoms. The quantitative estimate of drug-likeness (QED) is 0.933. The van der Waals surface area contributed by atoms with Crippen LogP contribution in [0.1, 0.15) is 36.8 Å². The number of amides is 2. The average molecular weight is 300 g/mol. The minimum atomic E-state index is 0.0184. The van der Waals surface area contributed by atoms with E-state index in [4.69, 9.17) is 0 Å². The van der Waals surface area contributed by atoms with Crippen LogP contribution in [-0.4, -0.2) is 29.8 Å². The fourth-order valence-electron chi connectivity index (χ4n) is 3.01. The lowest BCUT2D eigenvalue weighted by Gasteiger charge is -2.31. The number of anilines is 1. The second kappa shape index (κ2) is 6.11. The van der Waals surface area contributed by atoms with Crippen LogP contribution in [0.15, 0.2) is 18.2 Å². The van der Waals surface area contributed by atoms with E-state index in [-0.39, 0.29) is 17.7 Å². The molecule has 2 amide bonds. The van der Waals surface area contributed by atoms with Crippen molar-refractivity contribution in [3.8, 4) is 0 Å². The van der Waals surface area contributed by atoms with E-state index in [0.29, 0.717) is 5.91 Å². The topological polar surface area (TPSA) is 49.4 Å². The Kier molecular flexibility index (Phi) is 4.19. The molecule has 2 aliphatic rings. The Morgan fingerprint density at radius 2 is 1.68 bits per heavy atom. The third kappa shape index (κ3) is 3.32. The summed E-state index contributed by atoms with van der Waals surface area (Å²) in [4.78, 5) is 26.3. The third-order valence-electron chi connectivity index (χ3n) is 4.88. The van der Waals surface area contributed by atoms with Crippen LogP contribution in [0.3, 0.4) is 0 Å². The zero-order valence-corrected chi connectivity index (χ0v) is 13.4. The fourth-order valence-corrected chi connectivity index (χ4v) is 3.01. The Morgan fingerprint density at radius 1 is 1.00 bits per heavy atom. The van der Waals surface area contributed by atoms with Gasteiger partial charge in [0.1, 0.15) is 0 Å². The summed E-state index contributed by atoms with van der Waals surface area (Å²) in [5.41, 5.74) is 3.28. The van der Waals surface area contributed by atoms with Crippen LogP contribution < -0.4 is 5.32 Å². The molecule has 1 N–H and O–H groups in total. The van der Waals surface area contributed by atoms with Gasteiger partial charge in [0.05, 0.1) is 0 Å². The smallest absolute Gasteiger partial charge is 0.227 e. The minimum Gasteiger partial charge on any atom is -0.342 e. The van der Waals surface area contributed by atoms with E-state index >= 15 is 0 Å². The highest BCUT2D eigenvalue weighted by atomic mass is 16.2. The normalized spacial score (nSPS) is 19.1. The lowest BCUT2D eigenvalue weighted by Crippen LogP contribution is -2.42. The van der Waals surface area contributed by atoms with Gasteiger partial charge < -0.3 is 10.2 Å².